The van der Waals surface area contributed by atoms with Gasteiger partial charge in [-0.25, -0.2) is 0 Å². The van der Waals surface area contributed by atoms with Crippen molar-refractivity contribution in [2.45, 2.75) is 45.4 Å². The summed E-state index contributed by atoms with van der Waals surface area (Å²) in [5, 5.41) is 0. The monoisotopic (exact) mass is 184 g/mol. The second-order valence-corrected chi connectivity index (χ2v) is 3.52. The van der Waals surface area contributed by atoms with E-state index in [1.165, 1.54) is 0 Å². The van der Waals surface area contributed by atoms with E-state index >= 15 is 0 Å². The SMILES string of the molecule is CCCCCC1CCC(=O)OC1=O. The molecule has 0 spiro atoms. The molecule has 0 radical (unpaired) electrons. The molecule has 0 aliphatic carbocycles. The highest BCUT2D eigenvalue weighted by atomic mass is 16.6. The van der Waals surface area contributed by atoms with Gasteiger partial charge in [0.15, 0.2) is 0 Å². The first-order valence-electron chi connectivity index (χ1n) is 4.98. The van der Waals surface area contributed by atoms with E-state index in [1.54, 1.807) is 0 Å². The van der Waals surface area contributed by atoms with Crippen LogP contribution in [-0.2, 0) is 14.3 Å². The van der Waals surface area contributed by atoms with Crippen LogP contribution in [-0.4, -0.2) is 11.9 Å². The van der Waals surface area contributed by atoms with E-state index < -0.39 is 0 Å². The van der Waals surface area contributed by atoms with Crippen LogP contribution in [0.4, 0.5) is 0 Å². The van der Waals surface area contributed by atoms with Crippen LogP contribution in [0.2, 0.25) is 0 Å². The quantitative estimate of drug-likeness (QED) is 0.381. The Labute approximate surface area is 78.5 Å². The lowest BCUT2D eigenvalue weighted by molar-refractivity contribution is -0.167. The van der Waals surface area contributed by atoms with Crippen molar-refractivity contribution in [2.24, 2.45) is 5.92 Å². The summed E-state index contributed by atoms with van der Waals surface area (Å²) in [4.78, 5) is 21.9. The number of ether oxygens (including phenoxy) is 1. The van der Waals surface area contributed by atoms with Crippen LogP contribution >= 0.6 is 0 Å². The number of esters is 2. The fourth-order valence-electron chi connectivity index (χ4n) is 1.56. The van der Waals surface area contributed by atoms with Gasteiger partial charge < -0.3 is 4.74 Å². The number of carbonyl (C=O) groups is 2. The van der Waals surface area contributed by atoms with Gasteiger partial charge in [-0.15, -0.1) is 0 Å². The fraction of sp³-hybridized carbons (Fsp3) is 0.800. The van der Waals surface area contributed by atoms with Crippen LogP contribution in [0.5, 0.6) is 0 Å². The summed E-state index contributed by atoms with van der Waals surface area (Å²) in [6.07, 6.45) is 5.33. The summed E-state index contributed by atoms with van der Waals surface area (Å²) < 4.78 is 4.55. The second-order valence-electron chi connectivity index (χ2n) is 3.52. The number of rotatable bonds is 4. The molecule has 0 aromatic carbocycles. The van der Waals surface area contributed by atoms with Gasteiger partial charge in [0.2, 0.25) is 0 Å². The normalized spacial score (nSPS) is 23.0. The molecule has 1 rings (SSSR count). The maximum Gasteiger partial charge on any atom is 0.316 e. The van der Waals surface area contributed by atoms with Gasteiger partial charge >= 0.3 is 11.9 Å². The van der Waals surface area contributed by atoms with Gasteiger partial charge in [-0.3, -0.25) is 9.59 Å². The predicted molar refractivity (Wildman–Crippen MR) is 48.0 cm³/mol. The molecule has 0 saturated carbocycles. The van der Waals surface area contributed by atoms with Crippen LogP contribution in [0.1, 0.15) is 45.4 Å². The molecular formula is C10H16O3. The number of carbonyl (C=O) groups excluding carboxylic acids is 2. The van der Waals surface area contributed by atoms with E-state index in [4.69, 9.17) is 0 Å². The van der Waals surface area contributed by atoms with Gasteiger partial charge in [0.1, 0.15) is 0 Å². The zero-order valence-electron chi connectivity index (χ0n) is 8.04. The topological polar surface area (TPSA) is 43.4 Å². The minimum atomic E-state index is -0.364. The van der Waals surface area contributed by atoms with Gasteiger partial charge in [0.25, 0.3) is 0 Å². The first-order valence-corrected chi connectivity index (χ1v) is 4.98. The molecule has 74 valence electrons. The van der Waals surface area contributed by atoms with Crippen LogP contribution < -0.4 is 0 Å². The molecule has 0 aromatic rings. The van der Waals surface area contributed by atoms with Crippen molar-refractivity contribution in [3.05, 3.63) is 0 Å². The summed E-state index contributed by atoms with van der Waals surface area (Å²) in [6, 6.07) is 0. The molecule has 1 unspecified atom stereocenters. The highest BCUT2D eigenvalue weighted by molar-refractivity contribution is 5.89. The van der Waals surface area contributed by atoms with Gasteiger partial charge in [0, 0.05) is 6.42 Å². The standard InChI is InChI=1S/C10H16O3/c1-2-3-4-5-8-6-7-9(11)13-10(8)12/h8H,2-7H2,1H3. The second kappa shape index (κ2) is 5.00. The van der Waals surface area contributed by atoms with E-state index in [9.17, 15) is 9.59 Å². The smallest absolute Gasteiger partial charge is 0.316 e. The molecule has 1 aliphatic rings. The van der Waals surface area contributed by atoms with Crippen LogP contribution in [0.3, 0.4) is 0 Å². The van der Waals surface area contributed by atoms with E-state index in [0.717, 1.165) is 25.7 Å². The largest absolute Gasteiger partial charge is 0.393 e. The zero-order chi connectivity index (χ0) is 9.68. The number of hydrogen-bond acceptors (Lipinski definition) is 3. The molecule has 0 aromatic heterocycles. The van der Waals surface area contributed by atoms with E-state index in [2.05, 4.69) is 11.7 Å². The Balaban J connectivity index is 2.26. The highest BCUT2D eigenvalue weighted by Gasteiger charge is 2.27. The van der Waals surface area contributed by atoms with E-state index in [0.29, 0.717) is 12.8 Å². The summed E-state index contributed by atoms with van der Waals surface area (Å²) in [5.74, 6) is -0.701. The Morgan fingerprint density at radius 2 is 2.15 bits per heavy atom. The third-order valence-corrected chi connectivity index (χ3v) is 2.40. The van der Waals surface area contributed by atoms with Crippen LogP contribution in [0.15, 0.2) is 0 Å². The van der Waals surface area contributed by atoms with Crippen LogP contribution in [0.25, 0.3) is 0 Å². The average Bonchev–Trinajstić information content (AvgIpc) is 2.09. The summed E-state index contributed by atoms with van der Waals surface area (Å²) in [5.41, 5.74) is 0. The lowest BCUT2D eigenvalue weighted by Gasteiger charge is -2.18. The van der Waals surface area contributed by atoms with Crippen molar-refractivity contribution in [3.8, 4) is 0 Å². The predicted octanol–water partition coefficient (Wildman–Crippen LogP) is 2.05. The maximum atomic E-state index is 11.2. The van der Waals surface area contributed by atoms with Gasteiger partial charge in [-0.05, 0) is 12.8 Å². The van der Waals surface area contributed by atoms with Crippen molar-refractivity contribution < 1.29 is 14.3 Å². The first kappa shape index (κ1) is 10.2. The van der Waals surface area contributed by atoms with Gasteiger partial charge in [-0.2, -0.15) is 0 Å². The minimum absolute atomic E-state index is 0.0238. The lowest BCUT2D eigenvalue weighted by atomic mass is 9.95. The lowest BCUT2D eigenvalue weighted by Crippen LogP contribution is -2.27. The molecule has 1 heterocycles. The molecule has 1 atom stereocenters. The summed E-state index contributed by atoms with van der Waals surface area (Å²) in [7, 11) is 0. The Morgan fingerprint density at radius 1 is 1.38 bits per heavy atom. The molecule has 1 aliphatic heterocycles. The first-order chi connectivity index (χ1) is 6.24. The zero-order valence-corrected chi connectivity index (χ0v) is 8.04. The molecule has 0 bridgehead atoms. The molecule has 1 saturated heterocycles. The minimum Gasteiger partial charge on any atom is -0.393 e. The van der Waals surface area contributed by atoms with Crippen molar-refractivity contribution >= 4 is 11.9 Å². The van der Waals surface area contributed by atoms with Crippen molar-refractivity contribution in [1.29, 1.82) is 0 Å². The highest BCUT2D eigenvalue weighted by Crippen LogP contribution is 2.21. The molecule has 3 heteroatoms. The van der Waals surface area contributed by atoms with Crippen LogP contribution in [0, 0.1) is 5.92 Å². The summed E-state index contributed by atoms with van der Waals surface area (Å²) in [6.45, 7) is 2.13. The Kier molecular flexibility index (Phi) is 3.93. The fourth-order valence-corrected chi connectivity index (χ4v) is 1.56. The molecule has 0 N–H and O–H groups in total. The molecule has 1 fully saturated rings. The third-order valence-electron chi connectivity index (χ3n) is 2.40. The number of hydrogen-bond donors (Lipinski definition) is 0. The Morgan fingerprint density at radius 3 is 2.77 bits per heavy atom. The number of unbranched alkanes of at least 4 members (excludes halogenated alkanes) is 2. The molecule has 13 heavy (non-hydrogen) atoms. The van der Waals surface area contributed by atoms with E-state index in [-0.39, 0.29) is 17.9 Å². The maximum absolute atomic E-state index is 11.2. The number of cyclic esters (lactones) is 2. The third kappa shape index (κ3) is 3.17. The summed E-state index contributed by atoms with van der Waals surface area (Å²) >= 11 is 0. The van der Waals surface area contributed by atoms with E-state index in [1.807, 2.05) is 0 Å². The van der Waals surface area contributed by atoms with Crippen molar-refractivity contribution in [1.82, 2.24) is 0 Å². The van der Waals surface area contributed by atoms with Crippen molar-refractivity contribution in [2.75, 3.05) is 0 Å². The molecular weight excluding hydrogens is 168 g/mol. The Hall–Kier alpha value is -0.860. The Bertz CT molecular complexity index is 198. The average molecular weight is 184 g/mol. The van der Waals surface area contributed by atoms with Gasteiger partial charge in [0.05, 0.1) is 5.92 Å². The molecule has 0 amide bonds. The van der Waals surface area contributed by atoms with Gasteiger partial charge in [-0.1, -0.05) is 26.2 Å². The molecule has 3 nitrogen and oxygen atoms in total. The van der Waals surface area contributed by atoms with Crippen molar-refractivity contribution in [3.63, 3.8) is 0 Å².